The van der Waals surface area contributed by atoms with Crippen molar-refractivity contribution < 1.29 is 14.5 Å². The van der Waals surface area contributed by atoms with Gasteiger partial charge in [0.1, 0.15) is 24.8 Å². The number of carbonyl (C=O) groups is 1. The maximum absolute atomic E-state index is 11.1. The van der Waals surface area contributed by atoms with Gasteiger partial charge >= 0.3 is 0 Å². The molecule has 0 saturated carbocycles. The van der Waals surface area contributed by atoms with E-state index in [1.165, 1.54) is 16.7 Å². The number of hydrogen-bond acceptors (Lipinski definition) is 12. The normalized spacial score (nSPS) is 12.4. The van der Waals surface area contributed by atoms with Gasteiger partial charge in [-0.15, -0.1) is 0 Å². The van der Waals surface area contributed by atoms with Crippen molar-refractivity contribution in [2.75, 3.05) is 11.5 Å². The average Bonchev–Trinajstić information content (AvgIpc) is 3.13. The summed E-state index contributed by atoms with van der Waals surface area (Å²) in [5.41, 5.74) is 43.9. The van der Waals surface area contributed by atoms with Crippen molar-refractivity contribution >= 4 is 50.8 Å². The number of nitrogens with two attached hydrogens (primary N) is 6. The van der Waals surface area contributed by atoms with Crippen LogP contribution >= 0.6 is 0 Å². The Balaban J connectivity index is 0.000000137. The number of oxime groups is 2. The number of nitrogens with zero attached hydrogens (tertiary/aromatic N) is 4. The summed E-state index contributed by atoms with van der Waals surface area (Å²) in [6.45, 7) is 9.54. The summed E-state index contributed by atoms with van der Waals surface area (Å²) >= 11 is 0. The highest BCUT2D eigenvalue weighted by atomic mass is 16.6. The Labute approximate surface area is 307 Å². The number of amides is 1. The number of amidine groups is 2. The molecule has 6 aromatic rings. The lowest BCUT2D eigenvalue weighted by molar-refractivity contribution is 0.1000. The molecule has 0 saturated heterocycles. The molecule has 2 aromatic heterocycles. The van der Waals surface area contributed by atoms with Crippen LogP contribution < -0.4 is 34.4 Å². The molecule has 4 aromatic carbocycles. The minimum Gasteiger partial charge on any atom is -0.389 e. The molecule has 12 N–H and O–H groups in total. The fourth-order valence-electron chi connectivity index (χ4n) is 5.82. The molecule has 0 atom stereocenters. The van der Waals surface area contributed by atoms with Gasteiger partial charge in [0.05, 0.1) is 0 Å². The summed E-state index contributed by atoms with van der Waals surface area (Å²) in [7, 11) is 0. The van der Waals surface area contributed by atoms with E-state index < -0.39 is 5.91 Å². The highest BCUT2D eigenvalue weighted by molar-refractivity contribution is 6.01. The fourth-order valence-corrected chi connectivity index (χ4v) is 5.82. The summed E-state index contributed by atoms with van der Waals surface area (Å²) in [6, 6.07) is 23.6. The molecule has 53 heavy (non-hydrogen) atoms. The van der Waals surface area contributed by atoms with Crippen LogP contribution in [0.25, 0.3) is 21.5 Å². The van der Waals surface area contributed by atoms with Gasteiger partial charge in [0, 0.05) is 57.5 Å². The topological polar surface area (TPSA) is 242 Å². The molecule has 0 unspecified atom stereocenters. The number of benzene rings is 4. The van der Waals surface area contributed by atoms with Crippen molar-refractivity contribution in [1.29, 1.82) is 0 Å². The molecule has 272 valence electrons. The summed E-state index contributed by atoms with van der Waals surface area (Å²) < 4.78 is 0. The molecule has 1 amide bonds. The van der Waals surface area contributed by atoms with E-state index in [2.05, 4.69) is 32.4 Å². The lowest BCUT2D eigenvalue weighted by Gasteiger charge is -2.13. The molecule has 2 aliphatic heterocycles. The standard InChI is InChI=1S/C11H11N3O.C11H13N3.2C9H10N2O/c1-6-4-9-7(2-3-14-10(9)12)5-8(6)11(13)15;1-7-4-10-8(5-9(7)6-12)2-3-14-11(10)13;1-6-2-3-8-7(4-6)5-12-11-9(8)10;1-6-2-3-7-5-12-11-9(10)8(7)4-6/h2-5H,1H3,(H2,12,14)(H2,13,15);2-5H,6,12H2,1H3,(H2,13,14);2*2-4H,5H2,1H3,(H2,10,11). The van der Waals surface area contributed by atoms with Gasteiger partial charge in [0.2, 0.25) is 5.91 Å². The Hall–Kier alpha value is -6.73. The Kier molecular flexibility index (Phi) is 11.7. The zero-order valence-corrected chi connectivity index (χ0v) is 30.2. The van der Waals surface area contributed by atoms with Crippen LogP contribution in [0, 0.1) is 27.7 Å². The van der Waals surface area contributed by atoms with Crippen LogP contribution in [0.15, 0.2) is 95.5 Å². The van der Waals surface area contributed by atoms with Gasteiger partial charge < -0.3 is 44.1 Å². The number of fused-ring (bicyclic) bond motifs is 4. The molecule has 13 nitrogen and oxygen atoms in total. The summed E-state index contributed by atoms with van der Waals surface area (Å²) in [5, 5.41) is 11.2. The number of primary amides is 1. The Morgan fingerprint density at radius 1 is 0.642 bits per heavy atom. The zero-order chi connectivity index (χ0) is 38.2. The van der Waals surface area contributed by atoms with Gasteiger partial charge in [-0.25, -0.2) is 9.97 Å². The lowest BCUT2D eigenvalue weighted by atomic mass is 10.0. The first-order valence-electron chi connectivity index (χ1n) is 16.7. The van der Waals surface area contributed by atoms with Gasteiger partial charge in [0.25, 0.3) is 0 Å². The summed E-state index contributed by atoms with van der Waals surface area (Å²) in [5.74, 6) is 1.56. The second kappa shape index (κ2) is 16.5. The van der Waals surface area contributed by atoms with E-state index in [1.54, 1.807) is 24.5 Å². The molecular weight excluding hydrogens is 669 g/mol. The third kappa shape index (κ3) is 8.96. The quantitative estimate of drug-likeness (QED) is 0.139. The largest absolute Gasteiger partial charge is 0.389 e. The van der Waals surface area contributed by atoms with E-state index in [0.717, 1.165) is 54.9 Å². The van der Waals surface area contributed by atoms with Gasteiger partial charge in [-0.3, -0.25) is 4.79 Å². The molecule has 0 fully saturated rings. The number of anilines is 2. The van der Waals surface area contributed by atoms with E-state index in [9.17, 15) is 4.79 Å². The van der Waals surface area contributed by atoms with E-state index in [0.29, 0.717) is 48.6 Å². The minimum atomic E-state index is -0.426. The monoisotopic (exact) mass is 712 g/mol. The number of aromatic nitrogens is 2. The number of rotatable bonds is 2. The Morgan fingerprint density at radius 3 is 1.81 bits per heavy atom. The Morgan fingerprint density at radius 2 is 1.19 bits per heavy atom. The first kappa shape index (κ1) is 37.5. The van der Waals surface area contributed by atoms with E-state index in [-0.39, 0.29) is 0 Å². The van der Waals surface area contributed by atoms with Crippen molar-refractivity contribution in [3.05, 3.63) is 141 Å². The molecule has 13 heteroatoms. The van der Waals surface area contributed by atoms with Crippen LogP contribution in [-0.2, 0) is 29.4 Å². The van der Waals surface area contributed by atoms with E-state index >= 15 is 0 Å². The SMILES string of the molecule is Cc1cc2c(N)nccc2cc1C(N)=O.Cc1cc2c(N)nccc2cc1CN.Cc1ccc2c(c1)C(N)=NOC2.Cc1ccc2c(c1)CON=C2N. The van der Waals surface area contributed by atoms with Gasteiger partial charge in [-0.05, 0) is 97.6 Å². The van der Waals surface area contributed by atoms with Crippen molar-refractivity contribution in [2.45, 2.75) is 47.5 Å². The predicted octanol–water partition coefficient (Wildman–Crippen LogP) is 5.10. The highest BCUT2D eigenvalue weighted by Gasteiger charge is 2.13. The van der Waals surface area contributed by atoms with Crippen molar-refractivity contribution in [3.8, 4) is 0 Å². The van der Waals surface area contributed by atoms with E-state index in [1.807, 2.05) is 76.2 Å². The van der Waals surface area contributed by atoms with Crippen molar-refractivity contribution in [2.24, 2.45) is 33.2 Å². The van der Waals surface area contributed by atoms with Crippen molar-refractivity contribution in [3.63, 3.8) is 0 Å². The van der Waals surface area contributed by atoms with Crippen LogP contribution in [0.3, 0.4) is 0 Å². The molecule has 2 aliphatic rings. The maximum atomic E-state index is 11.1. The average molecular weight is 713 g/mol. The molecule has 0 aliphatic carbocycles. The number of hydrogen-bond donors (Lipinski definition) is 6. The summed E-state index contributed by atoms with van der Waals surface area (Å²) in [6.07, 6.45) is 3.32. The molecule has 0 bridgehead atoms. The van der Waals surface area contributed by atoms with Gasteiger partial charge in [-0.2, -0.15) is 0 Å². The van der Waals surface area contributed by atoms with Crippen LogP contribution in [0.2, 0.25) is 0 Å². The van der Waals surface area contributed by atoms with Crippen LogP contribution in [0.1, 0.15) is 60.4 Å². The molecule has 0 spiro atoms. The minimum absolute atomic E-state index is 0.426. The van der Waals surface area contributed by atoms with E-state index in [4.69, 9.17) is 44.1 Å². The predicted molar refractivity (Wildman–Crippen MR) is 212 cm³/mol. The lowest BCUT2D eigenvalue weighted by Crippen LogP contribution is -2.20. The molecule has 0 radical (unpaired) electrons. The smallest absolute Gasteiger partial charge is 0.248 e. The third-order valence-corrected chi connectivity index (χ3v) is 8.72. The molecule has 4 heterocycles. The van der Waals surface area contributed by atoms with Crippen LogP contribution in [0.5, 0.6) is 0 Å². The summed E-state index contributed by atoms with van der Waals surface area (Å²) in [4.78, 5) is 29.0. The zero-order valence-electron chi connectivity index (χ0n) is 30.2. The highest BCUT2D eigenvalue weighted by Crippen LogP contribution is 2.24. The molecule has 8 rings (SSSR count). The van der Waals surface area contributed by atoms with Gasteiger partial charge in [0.15, 0.2) is 11.7 Å². The van der Waals surface area contributed by atoms with Crippen LogP contribution in [0.4, 0.5) is 11.6 Å². The Bertz CT molecular complexity index is 2370. The number of aryl methyl sites for hydroxylation is 4. The number of carbonyl (C=O) groups excluding carboxylic acids is 1. The van der Waals surface area contributed by atoms with Crippen molar-refractivity contribution in [1.82, 2.24) is 9.97 Å². The van der Waals surface area contributed by atoms with Gasteiger partial charge in [-0.1, -0.05) is 51.8 Å². The fraction of sp³-hybridized carbons (Fsp3) is 0.175. The second-order valence-corrected chi connectivity index (χ2v) is 12.7. The van der Waals surface area contributed by atoms with Crippen LogP contribution in [-0.4, -0.2) is 27.5 Å². The second-order valence-electron chi connectivity index (χ2n) is 12.7. The first-order valence-corrected chi connectivity index (χ1v) is 16.7. The first-order chi connectivity index (χ1) is 25.4. The number of pyridine rings is 2. The molecular formula is C40H44N10O3. The third-order valence-electron chi connectivity index (χ3n) is 8.72. The number of nitrogen functional groups attached to an aromatic ring is 2. The maximum Gasteiger partial charge on any atom is 0.248 e.